The molecule has 6 nitrogen and oxygen atoms in total. The first-order chi connectivity index (χ1) is 11.6. The van der Waals surface area contributed by atoms with E-state index in [0.29, 0.717) is 29.5 Å². The first kappa shape index (κ1) is 16.3. The second-order valence-corrected chi connectivity index (χ2v) is 6.13. The van der Waals surface area contributed by atoms with Gasteiger partial charge in [-0.1, -0.05) is 0 Å². The molecule has 0 radical (unpaired) electrons. The van der Waals surface area contributed by atoms with E-state index in [1.165, 1.54) is 18.4 Å². The van der Waals surface area contributed by atoms with Crippen molar-refractivity contribution in [3.05, 3.63) is 40.1 Å². The number of fused-ring (bicyclic) bond motifs is 1. The highest BCUT2D eigenvalue weighted by Gasteiger charge is 2.26. The van der Waals surface area contributed by atoms with Crippen LogP contribution in [0.4, 0.5) is 16.2 Å². The van der Waals surface area contributed by atoms with Gasteiger partial charge >= 0.3 is 6.09 Å². The number of rotatable bonds is 4. The van der Waals surface area contributed by atoms with Crippen LogP contribution in [0.15, 0.2) is 29.6 Å². The van der Waals surface area contributed by atoms with Gasteiger partial charge in [-0.25, -0.2) is 4.79 Å². The molecule has 24 heavy (non-hydrogen) atoms. The van der Waals surface area contributed by atoms with Crippen molar-refractivity contribution in [1.82, 2.24) is 0 Å². The summed E-state index contributed by atoms with van der Waals surface area (Å²) >= 11 is 1.33. The molecule has 3 rings (SSSR count). The van der Waals surface area contributed by atoms with Crippen molar-refractivity contribution in [3.63, 3.8) is 0 Å². The number of ether oxygens (including phenoxy) is 2. The molecule has 1 aliphatic rings. The molecule has 1 aromatic heterocycles. The van der Waals surface area contributed by atoms with Gasteiger partial charge in [0, 0.05) is 12.2 Å². The highest BCUT2D eigenvalue weighted by atomic mass is 32.1. The maximum absolute atomic E-state index is 12.3. The molecule has 126 valence electrons. The number of carbonyl (C=O) groups is 2. The number of hydrogen-bond donors (Lipinski definition) is 1. The maximum Gasteiger partial charge on any atom is 0.414 e. The Morgan fingerprint density at radius 3 is 2.92 bits per heavy atom. The molecule has 1 aliphatic heterocycles. The van der Waals surface area contributed by atoms with Crippen LogP contribution in [-0.4, -0.2) is 32.3 Å². The van der Waals surface area contributed by atoms with E-state index in [9.17, 15) is 9.59 Å². The SMILES string of the molecule is CCOC(=O)N1CCc2cc(NC(=O)c3sccc3OC)ccc21. The van der Waals surface area contributed by atoms with Crippen molar-refractivity contribution >= 4 is 34.7 Å². The molecule has 2 aromatic rings. The van der Waals surface area contributed by atoms with Gasteiger partial charge in [0.2, 0.25) is 0 Å². The van der Waals surface area contributed by atoms with Crippen LogP contribution in [0, 0.1) is 0 Å². The lowest BCUT2D eigenvalue weighted by Crippen LogP contribution is -2.29. The summed E-state index contributed by atoms with van der Waals surface area (Å²) in [6.45, 7) is 2.72. The van der Waals surface area contributed by atoms with Crippen molar-refractivity contribution in [1.29, 1.82) is 0 Å². The van der Waals surface area contributed by atoms with Crippen molar-refractivity contribution < 1.29 is 19.1 Å². The standard InChI is InChI=1S/C17H18N2O4S/c1-3-23-17(21)19-8-6-11-10-12(4-5-13(11)19)18-16(20)15-14(22-2)7-9-24-15/h4-5,7,9-10H,3,6,8H2,1-2H3,(H,18,20). The predicted octanol–water partition coefficient (Wildman–Crippen LogP) is 3.53. The van der Waals surface area contributed by atoms with Crippen molar-refractivity contribution in [2.24, 2.45) is 0 Å². The summed E-state index contributed by atoms with van der Waals surface area (Å²) in [5.41, 5.74) is 2.54. The van der Waals surface area contributed by atoms with Crippen molar-refractivity contribution in [2.75, 3.05) is 30.5 Å². The normalized spacial score (nSPS) is 12.7. The fourth-order valence-electron chi connectivity index (χ4n) is 2.68. The van der Waals surface area contributed by atoms with Crippen LogP contribution in [-0.2, 0) is 11.2 Å². The third-order valence-electron chi connectivity index (χ3n) is 3.78. The highest BCUT2D eigenvalue weighted by molar-refractivity contribution is 7.12. The van der Waals surface area contributed by atoms with Gasteiger partial charge in [0.25, 0.3) is 5.91 Å². The van der Waals surface area contributed by atoms with Gasteiger partial charge in [0.1, 0.15) is 10.6 Å². The number of carbonyl (C=O) groups excluding carboxylic acids is 2. The molecule has 0 fully saturated rings. The van der Waals surface area contributed by atoms with Gasteiger partial charge in [0.05, 0.1) is 19.4 Å². The number of hydrogen-bond acceptors (Lipinski definition) is 5. The average Bonchev–Trinajstić information content (AvgIpc) is 3.21. The Balaban J connectivity index is 1.76. The lowest BCUT2D eigenvalue weighted by atomic mass is 10.1. The Bertz CT molecular complexity index is 772. The van der Waals surface area contributed by atoms with E-state index < -0.39 is 0 Å². The molecule has 1 N–H and O–H groups in total. The van der Waals surface area contributed by atoms with Gasteiger partial charge in [-0.15, -0.1) is 11.3 Å². The summed E-state index contributed by atoms with van der Waals surface area (Å²) < 4.78 is 10.2. The van der Waals surface area contributed by atoms with Crippen molar-refractivity contribution in [2.45, 2.75) is 13.3 Å². The molecule has 0 aliphatic carbocycles. The quantitative estimate of drug-likeness (QED) is 0.920. The number of methoxy groups -OCH3 is 1. The van der Waals surface area contributed by atoms with Gasteiger partial charge in [-0.05, 0) is 48.6 Å². The summed E-state index contributed by atoms with van der Waals surface area (Å²) in [4.78, 5) is 26.4. The van der Waals surface area contributed by atoms with Gasteiger partial charge in [-0.3, -0.25) is 9.69 Å². The zero-order valence-corrected chi connectivity index (χ0v) is 14.3. The lowest BCUT2D eigenvalue weighted by Gasteiger charge is -2.16. The van der Waals surface area contributed by atoms with Crippen LogP contribution in [0.2, 0.25) is 0 Å². The fourth-order valence-corrected chi connectivity index (χ4v) is 3.44. The number of nitrogens with zero attached hydrogens (tertiary/aromatic N) is 1. The Hall–Kier alpha value is -2.54. The molecule has 0 saturated carbocycles. The van der Waals surface area contributed by atoms with Crippen molar-refractivity contribution in [3.8, 4) is 5.75 Å². The molecular weight excluding hydrogens is 328 g/mol. The monoisotopic (exact) mass is 346 g/mol. The second kappa shape index (κ2) is 6.92. The zero-order valence-electron chi connectivity index (χ0n) is 13.5. The lowest BCUT2D eigenvalue weighted by molar-refractivity contribution is 0.102. The fraction of sp³-hybridized carbons (Fsp3) is 0.294. The summed E-state index contributed by atoms with van der Waals surface area (Å²) in [5, 5.41) is 4.69. The number of thiophene rings is 1. The molecule has 0 saturated heterocycles. The molecule has 2 amide bonds. The molecule has 1 aromatic carbocycles. The maximum atomic E-state index is 12.3. The summed E-state index contributed by atoms with van der Waals surface area (Å²) in [6, 6.07) is 7.28. The van der Waals surface area contributed by atoms with Crippen LogP contribution in [0.25, 0.3) is 0 Å². The zero-order chi connectivity index (χ0) is 17.1. The average molecular weight is 346 g/mol. The topological polar surface area (TPSA) is 67.9 Å². The van der Waals surface area contributed by atoms with E-state index in [2.05, 4.69) is 5.32 Å². The molecule has 0 spiro atoms. The Morgan fingerprint density at radius 2 is 2.17 bits per heavy atom. The minimum absolute atomic E-state index is 0.206. The number of amides is 2. The summed E-state index contributed by atoms with van der Waals surface area (Å²) in [6.07, 6.45) is 0.400. The molecule has 0 atom stereocenters. The number of nitrogens with one attached hydrogen (secondary N) is 1. The van der Waals surface area contributed by atoms with E-state index in [1.54, 1.807) is 24.0 Å². The summed E-state index contributed by atoms with van der Waals surface area (Å²) in [5.74, 6) is 0.356. The third kappa shape index (κ3) is 3.07. The van der Waals surface area contributed by atoms with Crippen LogP contribution >= 0.6 is 11.3 Å². The molecule has 7 heteroatoms. The van der Waals surface area contributed by atoms with E-state index in [1.807, 2.05) is 17.5 Å². The largest absolute Gasteiger partial charge is 0.495 e. The molecule has 2 heterocycles. The Morgan fingerprint density at radius 1 is 1.33 bits per heavy atom. The minimum Gasteiger partial charge on any atom is -0.495 e. The summed E-state index contributed by atoms with van der Waals surface area (Å²) in [7, 11) is 1.54. The predicted molar refractivity (Wildman–Crippen MR) is 93.3 cm³/mol. The highest BCUT2D eigenvalue weighted by Crippen LogP contribution is 2.32. The first-order valence-electron chi connectivity index (χ1n) is 7.64. The van der Waals surface area contributed by atoms with E-state index in [4.69, 9.17) is 9.47 Å². The second-order valence-electron chi connectivity index (χ2n) is 5.22. The minimum atomic E-state index is -0.337. The van der Waals surface area contributed by atoms with Crippen LogP contribution in [0.3, 0.4) is 0 Å². The van der Waals surface area contributed by atoms with Crippen LogP contribution in [0.1, 0.15) is 22.2 Å². The van der Waals surface area contributed by atoms with Gasteiger partial charge in [-0.2, -0.15) is 0 Å². The molecular formula is C17H18N2O4S. The van der Waals surface area contributed by atoms with Gasteiger partial charge < -0.3 is 14.8 Å². The molecule has 0 bridgehead atoms. The first-order valence-corrected chi connectivity index (χ1v) is 8.52. The number of anilines is 2. The Labute approximate surface area is 144 Å². The smallest absolute Gasteiger partial charge is 0.414 e. The van der Waals surface area contributed by atoms with E-state index in [-0.39, 0.29) is 12.0 Å². The van der Waals surface area contributed by atoms with Gasteiger partial charge in [0.15, 0.2) is 0 Å². The number of benzene rings is 1. The van der Waals surface area contributed by atoms with E-state index in [0.717, 1.165) is 17.7 Å². The van der Waals surface area contributed by atoms with Crippen LogP contribution < -0.4 is 15.0 Å². The van der Waals surface area contributed by atoms with E-state index >= 15 is 0 Å². The molecule has 0 unspecified atom stereocenters. The Kier molecular flexibility index (Phi) is 4.71. The van der Waals surface area contributed by atoms with Crippen LogP contribution in [0.5, 0.6) is 5.75 Å². The third-order valence-corrected chi connectivity index (χ3v) is 4.67.